The Balaban J connectivity index is 1.60. The van der Waals surface area contributed by atoms with Crippen LogP contribution in [-0.2, 0) is 11.2 Å². The lowest BCUT2D eigenvalue weighted by molar-refractivity contribution is -0.00190. The van der Waals surface area contributed by atoms with Gasteiger partial charge < -0.3 is 15.0 Å². The van der Waals surface area contributed by atoms with Gasteiger partial charge in [-0.1, -0.05) is 25.8 Å². The van der Waals surface area contributed by atoms with Crippen LogP contribution in [0, 0.1) is 30.6 Å². The fourth-order valence-corrected chi connectivity index (χ4v) is 4.05. The second-order valence-electron chi connectivity index (χ2n) is 8.20. The van der Waals surface area contributed by atoms with E-state index in [1.165, 1.54) is 0 Å². The summed E-state index contributed by atoms with van der Waals surface area (Å²) in [5.74, 6) is 7.66. The molecule has 26 heavy (non-hydrogen) atoms. The lowest BCUT2D eigenvalue weighted by Crippen LogP contribution is -2.46. The molecule has 1 saturated carbocycles. The van der Waals surface area contributed by atoms with E-state index in [1.54, 1.807) is 0 Å². The van der Waals surface area contributed by atoms with Crippen molar-refractivity contribution >= 4 is 0 Å². The second kappa shape index (κ2) is 8.41. The van der Waals surface area contributed by atoms with Gasteiger partial charge in [0.25, 0.3) is 5.56 Å². The molecule has 4 nitrogen and oxygen atoms in total. The van der Waals surface area contributed by atoms with Gasteiger partial charge in [-0.3, -0.25) is 4.79 Å². The molecule has 2 unspecified atom stereocenters. The molecule has 0 spiro atoms. The van der Waals surface area contributed by atoms with E-state index in [0.717, 1.165) is 49.8 Å². The van der Waals surface area contributed by atoms with Gasteiger partial charge >= 0.3 is 0 Å². The summed E-state index contributed by atoms with van der Waals surface area (Å²) in [6.45, 7) is 6.67. The lowest BCUT2D eigenvalue weighted by Gasteiger charge is -2.35. The minimum atomic E-state index is -0.0513. The number of nitrogens with two attached hydrogens (primary N) is 1. The Bertz CT molecular complexity index is 733. The first-order chi connectivity index (χ1) is 12.5. The van der Waals surface area contributed by atoms with Gasteiger partial charge in [-0.2, -0.15) is 0 Å². The number of hydrogen-bond donors (Lipinski definition) is 1. The maximum Gasteiger partial charge on any atom is 0.254 e. The molecular formula is C22H32N2O2. The number of aromatic nitrogens is 1. The summed E-state index contributed by atoms with van der Waals surface area (Å²) >= 11 is 0. The summed E-state index contributed by atoms with van der Waals surface area (Å²) in [7, 11) is 0. The molecule has 2 aliphatic rings. The van der Waals surface area contributed by atoms with Crippen molar-refractivity contribution in [2.45, 2.75) is 77.5 Å². The number of pyridine rings is 1. The normalized spacial score (nSPS) is 28.3. The van der Waals surface area contributed by atoms with Crippen LogP contribution in [0.1, 0.15) is 63.3 Å². The van der Waals surface area contributed by atoms with Crippen molar-refractivity contribution in [2.24, 2.45) is 17.6 Å². The minimum absolute atomic E-state index is 0.0183. The zero-order chi connectivity index (χ0) is 18.7. The van der Waals surface area contributed by atoms with Gasteiger partial charge in [-0.15, -0.1) is 5.92 Å². The van der Waals surface area contributed by atoms with Crippen LogP contribution < -0.4 is 11.3 Å². The standard InChI is InChI=1S/C22H32N2O2/c1-15(2)4-6-17-7-11-19(12-8-17)26-14-21-20(23)13-10-18-9-5-16(3)22(25)24(18)21/h5,9,15,17,19-21H,7-8,10-14,23H2,1-3H3. The fourth-order valence-electron chi connectivity index (χ4n) is 4.05. The van der Waals surface area contributed by atoms with Gasteiger partial charge in [0.1, 0.15) is 0 Å². The summed E-state index contributed by atoms with van der Waals surface area (Å²) in [5.41, 5.74) is 8.30. The molecule has 2 N–H and O–H groups in total. The number of ether oxygens (including phenoxy) is 1. The molecule has 1 aromatic heterocycles. The third-order valence-corrected chi connectivity index (χ3v) is 5.70. The molecule has 142 valence electrons. The topological polar surface area (TPSA) is 57.2 Å². The summed E-state index contributed by atoms with van der Waals surface area (Å²) < 4.78 is 8.12. The highest BCUT2D eigenvalue weighted by atomic mass is 16.5. The average molecular weight is 357 g/mol. The fraction of sp³-hybridized carbons (Fsp3) is 0.682. The van der Waals surface area contributed by atoms with Crippen LogP contribution in [0.25, 0.3) is 0 Å². The molecule has 0 bridgehead atoms. The molecule has 2 atom stereocenters. The third-order valence-electron chi connectivity index (χ3n) is 5.70. The van der Waals surface area contributed by atoms with Crippen LogP contribution in [-0.4, -0.2) is 23.3 Å². The van der Waals surface area contributed by atoms with Crippen LogP contribution >= 0.6 is 0 Å². The first kappa shape index (κ1) is 19.2. The van der Waals surface area contributed by atoms with Crippen molar-refractivity contribution in [1.82, 2.24) is 4.57 Å². The molecule has 1 aliphatic heterocycles. The highest BCUT2D eigenvalue weighted by Crippen LogP contribution is 2.28. The van der Waals surface area contributed by atoms with Gasteiger partial charge in [0, 0.05) is 29.1 Å². The van der Waals surface area contributed by atoms with Gasteiger partial charge in [0.2, 0.25) is 0 Å². The zero-order valence-corrected chi connectivity index (χ0v) is 16.3. The maximum absolute atomic E-state index is 12.6. The minimum Gasteiger partial charge on any atom is -0.376 e. The van der Waals surface area contributed by atoms with E-state index in [4.69, 9.17) is 10.5 Å². The SMILES string of the molecule is Cc1ccc2n(c1=O)C(COC1CCC(C#CC(C)C)CC1)C(N)CC2. The summed E-state index contributed by atoms with van der Waals surface area (Å²) in [4.78, 5) is 12.6. The van der Waals surface area contributed by atoms with E-state index < -0.39 is 0 Å². The monoisotopic (exact) mass is 356 g/mol. The number of hydrogen-bond acceptors (Lipinski definition) is 3. The third kappa shape index (κ3) is 4.39. The molecule has 0 amide bonds. The van der Waals surface area contributed by atoms with Crippen molar-refractivity contribution in [2.75, 3.05) is 6.61 Å². The van der Waals surface area contributed by atoms with Crippen molar-refractivity contribution < 1.29 is 4.74 Å². The Morgan fingerprint density at radius 1 is 1.23 bits per heavy atom. The van der Waals surface area contributed by atoms with Crippen LogP contribution in [0.3, 0.4) is 0 Å². The highest BCUT2D eigenvalue weighted by molar-refractivity contribution is 5.18. The number of nitrogens with zero attached hydrogens (tertiary/aromatic N) is 1. The van der Waals surface area contributed by atoms with Gasteiger partial charge in [-0.05, 0) is 51.5 Å². The Hall–Kier alpha value is -1.57. The largest absolute Gasteiger partial charge is 0.376 e. The number of rotatable bonds is 3. The zero-order valence-electron chi connectivity index (χ0n) is 16.3. The first-order valence-electron chi connectivity index (χ1n) is 10.0. The molecule has 0 aromatic carbocycles. The number of fused-ring (bicyclic) bond motifs is 1. The lowest BCUT2D eigenvalue weighted by atomic mass is 9.87. The van der Waals surface area contributed by atoms with Crippen molar-refractivity contribution in [3.63, 3.8) is 0 Å². The Morgan fingerprint density at radius 3 is 2.65 bits per heavy atom. The van der Waals surface area contributed by atoms with E-state index in [9.17, 15) is 4.79 Å². The van der Waals surface area contributed by atoms with Crippen molar-refractivity contribution in [1.29, 1.82) is 0 Å². The smallest absolute Gasteiger partial charge is 0.254 e. The van der Waals surface area contributed by atoms with Crippen LogP contribution in [0.5, 0.6) is 0 Å². The van der Waals surface area contributed by atoms with Crippen molar-refractivity contribution in [3.05, 3.63) is 33.7 Å². The predicted octanol–water partition coefficient (Wildman–Crippen LogP) is 3.21. The van der Waals surface area contributed by atoms with Crippen LogP contribution in [0.15, 0.2) is 16.9 Å². The van der Waals surface area contributed by atoms with Gasteiger partial charge in [0.05, 0.1) is 18.8 Å². The average Bonchev–Trinajstić information content (AvgIpc) is 2.63. The van der Waals surface area contributed by atoms with E-state index in [0.29, 0.717) is 18.4 Å². The molecule has 1 fully saturated rings. The quantitative estimate of drug-likeness (QED) is 0.846. The summed E-state index contributed by atoms with van der Waals surface area (Å²) in [5, 5.41) is 0. The summed E-state index contributed by atoms with van der Waals surface area (Å²) in [6.07, 6.45) is 6.36. The van der Waals surface area contributed by atoms with E-state index >= 15 is 0 Å². The van der Waals surface area contributed by atoms with Gasteiger partial charge in [0.15, 0.2) is 0 Å². The summed E-state index contributed by atoms with van der Waals surface area (Å²) in [6, 6.07) is 3.91. The van der Waals surface area contributed by atoms with Crippen LogP contribution in [0.4, 0.5) is 0 Å². The van der Waals surface area contributed by atoms with E-state index in [1.807, 2.05) is 17.6 Å². The molecule has 1 aliphatic carbocycles. The van der Waals surface area contributed by atoms with Crippen LogP contribution in [0.2, 0.25) is 0 Å². The Kier molecular flexibility index (Phi) is 6.21. The van der Waals surface area contributed by atoms with E-state index in [-0.39, 0.29) is 23.7 Å². The second-order valence-corrected chi connectivity index (χ2v) is 8.20. The van der Waals surface area contributed by atoms with Crippen molar-refractivity contribution in [3.8, 4) is 11.8 Å². The highest BCUT2D eigenvalue weighted by Gasteiger charge is 2.30. The van der Waals surface area contributed by atoms with Gasteiger partial charge in [-0.25, -0.2) is 0 Å². The molecule has 4 heteroatoms. The Morgan fingerprint density at radius 2 is 1.96 bits per heavy atom. The predicted molar refractivity (Wildman–Crippen MR) is 105 cm³/mol. The molecule has 0 radical (unpaired) electrons. The number of aryl methyl sites for hydroxylation is 2. The molecule has 3 rings (SSSR count). The van der Waals surface area contributed by atoms with E-state index in [2.05, 4.69) is 31.8 Å². The molecule has 1 aromatic rings. The first-order valence-corrected chi connectivity index (χ1v) is 10.0. The Labute approximate surface area is 157 Å². The molecule has 2 heterocycles. The molecule has 0 saturated heterocycles. The molecular weight excluding hydrogens is 324 g/mol. The maximum atomic E-state index is 12.6.